The van der Waals surface area contributed by atoms with E-state index in [1.54, 1.807) is 24.7 Å². The highest BCUT2D eigenvalue weighted by molar-refractivity contribution is 5.81. The Bertz CT molecular complexity index is 827. The van der Waals surface area contributed by atoms with Crippen LogP contribution in [0.1, 0.15) is 37.8 Å². The standard InChI is InChI=1S/C18H21N5O2/c1-11-8-13(11)18(25)23-6-2-12(3-7-23)14-9-16(24)22-17(21-14)15-10-19-4-5-20-15/h4-5,9-13H,2-3,6-8H2,1H3,(H,21,22,24)/t11-,13+/m1/s1. The molecule has 2 aromatic rings. The topological polar surface area (TPSA) is 91.8 Å². The Morgan fingerprint density at radius 2 is 2.04 bits per heavy atom. The molecule has 0 bridgehead atoms. The van der Waals surface area contributed by atoms with Gasteiger partial charge in [-0.15, -0.1) is 0 Å². The number of rotatable bonds is 3. The number of nitrogens with zero attached hydrogens (tertiary/aromatic N) is 4. The van der Waals surface area contributed by atoms with Crippen molar-refractivity contribution in [3.05, 3.63) is 40.7 Å². The highest BCUT2D eigenvalue weighted by atomic mass is 16.2. The molecule has 7 heteroatoms. The zero-order valence-corrected chi connectivity index (χ0v) is 14.2. The number of H-pyrrole nitrogens is 1. The number of aromatic amines is 1. The van der Waals surface area contributed by atoms with Crippen molar-refractivity contribution in [1.29, 1.82) is 0 Å². The fourth-order valence-corrected chi connectivity index (χ4v) is 3.52. The Morgan fingerprint density at radius 3 is 2.68 bits per heavy atom. The van der Waals surface area contributed by atoms with Crippen LogP contribution >= 0.6 is 0 Å². The summed E-state index contributed by atoms with van der Waals surface area (Å²) < 4.78 is 0. The Kier molecular flexibility index (Phi) is 4.07. The molecule has 0 unspecified atom stereocenters. The van der Waals surface area contributed by atoms with Crippen LogP contribution < -0.4 is 5.56 Å². The molecule has 4 rings (SSSR count). The maximum Gasteiger partial charge on any atom is 0.251 e. The Labute approximate surface area is 145 Å². The van der Waals surface area contributed by atoms with Gasteiger partial charge in [0, 0.05) is 43.4 Å². The molecule has 130 valence electrons. The number of aromatic nitrogens is 4. The maximum absolute atomic E-state index is 12.3. The predicted molar refractivity (Wildman–Crippen MR) is 91.7 cm³/mol. The number of piperidine rings is 1. The molecule has 1 aliphatic heterocycles. The molecule has 3 heterocycles. The molecular formula is C18H21N5O2. The summed E-state index contributed by atoms with van der Waals surface area (Å²) in [5.41, 5.74) is 1.14. The second-order valence-corrected chi connectivity index (χ2v) is 7.03. The lowest BCUT2D eigenvalue weighted by atomic mass is 9.93. The monoisotopic (exact) mass is 339 g/mol. The number of hydrogen-bond acceptors (Lipinski definition) is 5. The number of likely N-dealkylation sites (tertiary alicyclic amines) is 1. The van der Waals surface area contributed by atoms with E-state index in [1.807, 2.05) is 4.90 Å². The zero-order valence-electron chi connectivity index (χ0n) is 14.2. The van der Waals surface area contributed by atoms with Crippen LogP contribution in [0.3, 0.4) is 0 Å². The maximum atomic E-state index is 12.3. The van der Waals surface area contributed by atoms with Crippen molar-refractivity contribution in [2.24, 2.45) is 11.8 Å². The van der Waals surface area contributed by atoms with Crippen LogP contribution in [0.15, 0.2) is 29.5 Å². The summed E-state index contributed by atoms with van der Waals surface area (Å²) in [5, 5.41) is 0. The quantitative estimate of drug-likeness (QED) is 0.917. The second kappa shape index (κ2) is 6.38. The average Bonchev–Trinajstić information content (AvgIpc) is 3.38. The smallest absolute Gasteiger partial charge is 0.251 e. The first-order valence-electron chi connectivity index (χ1n) is 8.78. The number of carbonyl (C=O) groups is 1. The van der Waals surface area contributed by atoms with Gasteiger partial charge in [0.15, 0.2) is 5.82 Å². The van der Waals surface area contributed by atoms with Crippen LogP contribution in [0.5, 0.6) is 0 Å². The first kappa shape index (κ1) is 15.9. The molecule has 0 spiro atoms. The summed E-state index contributed by atoms with van der Waals surface area (Å²) in [6, 6.07) is 1.56. The van der Waals surface area contributed by atoms with Gasteiger partial charge in [0.25, 0.3) is 5.56 Å². The SMILES string of the molecule is C[C@@H]1C[C@@H]1C(=O)N1CCC(c2cc(=O)[nH]c(-c3cnccn3)n2)CC1. The van der Waals surface area contributed by atoms with Crippen molar-refractivity contribution in [3.8, 4) is 11.5 Å². The van der Waals surface area contributed by atoms with Crippen molar-refractivity contribution in [3.63, 3.8) is 0 Å². The fraction of sp³-hybridized carbons (Fsp3) is 0.500. The van der Waals surface area contributed by atoms with Gasteiger partial charge in [0.1, 0.15) is 5.69 Å². The predicted octanol–water partition coefficient (Wildman–Crippen LogP) is 1.59. The van der Waals surface area contributed by atoms with Gasteiger partial charge in [-0.05, 0) is 25.2 Å². The van der Waals surface area contributed by atoms with Crippen LogP contribution in [0, 0.1) is 11.8 Å². The molecule has 1 saturated heterocycles. The molecule has 1 N–H and O–H groups in total. The van der Waals surface area contributed by atoms with Gasteiger partial charge in [-0.25, -0.2) is 9.97 Å². The van der Waals surface area contributed by atoms with Crippen LogP contribution in [-0.2, 0) is 4.79 Å². The lowest BCUT2D eigenvalue weighted by Gasteiger charge is -2.32. The zero-order chi connectivity index (χ0) is 17.4. The summed E-state index contributed by atoms with van der Waals surface area (Å²) in [6.45, 7) is 3.60. The van der Waals surface area contributed by atoms with Crippen molar-refractivity contribution >= 4 is 5.91 Å². The number of nitrogens with one attached hydrogen (secondary N) is 1. The van der Waals surface area contributed by atoms with Gasteiger partial charge in [-0.3, -0.25) is 14.6 Å². The van der Waals surface area contributed by atoms with E-state index < -0.39 is 0 Å². The summed E-state index contributed by atoms with van der Waals surface area (Å²) in [6.07, 6.45) is 7.44. The summed E-state index contributed by atoms with van der Waals surface area (Å²) >= 11 is 0. The van der Waals surface area contributed by atoms with Crippen LogP contribution in [0.4, 0.5) is 0 Å². The molecular weight excluding hydrogens is 318 g/mol. The van der Waals surface area contributed by atoms with E-state index in [4.69, 9.17) is 0 Å². The molecule has 2 fully saturated rings. The molecule has 0 aromatic carbocycles. The first-order valence-corrected chi connectivity index (χ1v) is 8.78. The molecule has 7 nitrogen and oxygen atoms in total. The molecule has 2 aliphatic rings. The molecule has 1 aliphatic carbocycles. The molecule has 2 atom stereocenters. The molecule has 1 amide bonds. The number of carbonyl (C=O) groups excluding carboxylic acids is 1. The normalized spacial score (nSPS) is 23.5. The number of hydrogen-bond donors (Lipinski definition) is 1. The second-order valence-electron chi connectivity index (χ2n) is 7.03. The summed E-state index contributed by atoms with van der Waals surface area (Å²) in [5.74, 6) is 1.70. The van der Waals surface area contributed by atoms with Gasteiger partial charge >= 0.3 is 0 Å². The van der Waals surface area contributed by atoms with Gasteiger partial charge in [-0.2, -0.15) is 0 Å². The third kappa shape index (κ3) is 3.31. The van der Waals surface area contributed by atoms with E-state index in [0.29, 0.717) is 23.3 Å². The number of amides is 1. The minimum Gasteiger partial charge on any atom is -0.342 e. The largest absolute Gasteiger partial charge is 0.342 e. The summed E-state index contributed by atoms with van der Waals surface area (Å²) in [4.78, 5) is 41.9. The van der Waals surface area contributed by atoms with E-state index in [0.717, 1.165) is 38.0 Å². The molecule has 0 radical (unpaired) electrons. The molecule has 1 saturated carbocycles. The van der Waals surface area contributed by atoms with Crippen LogP contribution in [0.2, 0.25) is 0 Å². The van der Waals surface area contributed by atoms with E-state index in [2.05, 4.69) is 26.9 Å². The van der Waals surface area contributed by atoms with E-state index in [1.165, 1.54) is 0 Å². The van der Waals surface area contributed by atoms with Crippen LogP contribution in [0.25, 0.3) is 11.5 Å². The molecule has 2 aromatic heterocycles. The third-order valence-corrected chi connectivity index (χ3v) is 5.22. The van der Waals surface area contributed by atoms with Gasteiger partial charge in [-0.1, -0.05) is 6.92 Å². The highest BCUT2D eigenvalue weighted by Gasteiger charge is 2.42. The Morgan fingerprint density at radius 1 is 1.28 bits per heavy atom. The van der Waals surface area contributed by atoms with Gasteiger partial charge < -0.3 is 9.88 Å². The van der Waals surface area contributed by atoms with E-state index in [-0.39, 0.29) is 17.4 Å². The van der Waals surface area contributed by atoms with E-state index >= 15 is 0 Å². The minimum absolute atomic E-state index is 0.184. The lowest BCUT2D eigenvalue weighted by Crippen LogP contribution is -2.39. The minimum atomic E-state index is -0.184. The summed E-state index contributed by atoms with van der Waals surface area (Å²) in [7, 11) is 0. The van der Waals surface area contributed by atoms with Gasteiger partial charge in [0.2, 0.25) is 5.91 Å². The van der Waals surface area contributed by atoms with Crippen LogP contribution in [-0.4, -0.2) is 43.8 Å². The van der Waals surface area contributed by atoms with Crippen molar-refractivity contribution < 1.29 is 4.79 Å². The van der Waals surface area contributed by atoms with E-state index in [9.17, 15) is 9.59 Å². The van der Waals surface area contributed by atoms with Crippen molar-refractivity contribution in [1.82, 2.24) is 24.8 Å². The third-order valence-electron chi connectivity index (χ3n) is 5.22. The van der Waals surface area contributed by atoms with Gasteiger partial charge in [0.05, 0.1) is 11.9 Å². The lowest BCUT2D eigenvalue weighted by molar-refractivity contribution is -0.133. The van der Waals surface area contributed by atoms with Crippen molar-refractivity contribution in [2.75, 3.05) is 13.1 Å². The highest BCUT2D eigenvalue weighted by Crippen LogP contribution is 2.40. The molecule has 25 heavy (non-hydrogen) atoms. The average molecular weight is 339 g/mol. The Balaban J connectivity index is 1.49. The first-order chi connectivity index (χ1) is 12.1. The fourth-order valence-electron chi connectivity index (χ4n) is 3.52. The Hall–Kier alpha value is -2.57. The van der Waals surface area contributed by atoms with Crippen molar-refractivity contribution in [2.45, 2.75) is 32.1 Å².